The van der Waals surface area contributed by atoms with Crippen LogP contribution in [0.5, 0.6) is 11.5 Å². The summed E-state index contributed by atoms with van der Waals surface area (Å²) in [7, 11) is 1.67. The number of hydrogen-bond acceptors (Lipinski definition) is 4. The number of carbonyl (C=O) groups is 1. The summed E-state index contributed by atoms with van der Waals surface area (Å²) in [5, 5.41) is 3.12. The Labute approximate surface area is 167 Å². The number of carbonyl (C=O) groups excluding carboxylic acids is 1. The van der Waals surface area contributed by atoms with E-state index < -0.39 is 0 Å². The second kappa shape index (κ2) is 10.1. The van der Waals surface area contributed by atoms with Crippen LogP contribution in [0.25, 0.3) is 0 Å². The number of benzene rings is 2. The van der Waals surface area contributed by atoms with Gasteiger partial charge >= 0.3 is 0 Å². The molecule has 1 saturated heterocycles. The summed E-state index contributed by atoms with van der Waals surface area (Å²) < 4.78 is 10.9. The predicted molar refractivity (Wildman–Crippen MR) is 111 cm³/mol. The molecule has 28 heavy (non-hydrogen) atoms. The largest absolute Gasteiger partial charge is 0.497 e. The molecule has 3 rings (SSSR count). The Balaban J connectivity index is 1.68. The minimum absolute atomic E-state index is 0.0698. The van der Waals surface area contributed by atoms with Crippen LogP contribution < -0.4 is 14.8 Å². The van der Waals surface area contributed by atoms with Gasteiger partial charge in [-0.3, -0.25) is 9.69 Å². The highest BCUT2D eigenvalue weighted by atomic mass is 16.5. The van der Waals surface area contributed by atoms with Gasteiger partial charge < -0.3 is 14.8 Å². The second-order valence-corrected chi connectivity index (χ2v) is 7.12. The smallest absolute Gasteiger partial charge is 0.251 e. The first-order valence-electron chi connectivity index (χ1n) is 10.1. The molecule has 1 unspecified atom stereocenters. The van der Waals surface area contributed by atoms with Crippen LogP contribution in [0, 0.1) is 0 Å². The first-order chi connectivity index (χ1) is 13.7. The number of likely N-dealkylation sites (tertiary alicyclic amines) is 1. The molecule has 0 aromatic heterocycles. The summed E-state index contributed by atoms with van der Waals surface area (Å²) >= 11 is 0. The molecule has 1 N–H and O–H groups in total. The summed E-state index contributed by atoms with van der Waals surface area (Å²) in [5.74, 6) is 1.51. The van der Waals surface area contributed by atoms with Gasteiger partial charge in [0.2, 0.25) is 0 Å². The Kier molecular flexibility index (Phi) is 7.31. The van der Waals surface area contributed by atoms with Gasteiger partial charge in [-0.05, 0) is 68.2 Å². The van der Waals surface area contributed by atoms with Gasteiger partial charge in [0.25, 0.3) is 5.91 Å². The molecule has 1 atom stereocenters. The summed E-state index contributed by atoms with van der Waals surface area (Å²) in [4.78, 5) is 15.2. The topological polar surface area (TPSA) is 50.8 Å². The third-order valence-electron chi connectivity index (χ3n) is 5.11. The number of ether oxygens (including phenoxy) is 2. The molecular formula is C23H30N2O3. The molecule has 150 valence electrons. The molecule has 0 saturated carbocycles. The molecule has 0 bridgehead atoms. The molecule has 0 aliphatic carbocycles. The first kappa shape index (κ1) is 20.2. The predicted octanol–water partition coefficient (Wildman–Crippen LogP) is 4.05. The van der Waals surface area contributed by atoms with Crippen LogP contribution in [-0.2, 0) is 0 Å². The van der Waals surface area contributed by atoms with E-state index in [0.717, 1.165) is 31.0 Å². The molecule has 1 aliphatic rings. The van der Waals surface area contributed by atoms with Crippen molar-refractivity contribution in [2.24, 2.45) is 0 Å². The van der Waals surface area contributed by atoms with E-state index in [1.807, 2.05) is 36.4 Å². The lowest BCUT2D eigenvalue weighted by molar-refractivity contribution is 0.0937. The highest BCUT2D eigenvalue weighted by molar-refractivity contribution is 5.94. The lowest BCUT2D eigenvalue weighted by atomic mass is 10.0. The standard InChI is InChI=1S/C23H30N2O3/c1-3-15-28-21-8-6-7-19(16-21)23(26)24-17-22(25-13-4-5-14-25)18-9-11-20(27-2)12-10-18/h6-12,16,22H,3-5,13-15,17H2,1-2H3,(H,24,26). The van der Waals surface area contributed by atoms with Crippen LogP contribution >= 0.6 is 0 Å². The normalized spacial score (nSPS) is 15.2. The van der Waals surface area contributed by atoms with Gasteiger partial charge in [-0.1, -0.05) is 25.1 Å². The number of nitrogens with zero attached hydrogens (tertiary/aromatic N) is 1. The second-order valence-electron chi connectivity index (χ2n) is 7.12. The summed E-state index contributed by atoms with van der Waals surface area (Å²) in [6.45, 7) is 5.42. The molecule has 1 aliphatic heterocycles. The van der Waals surface area contributed by atoms with Crippen molar-refractivity contribution in [3.8, 4) is 11.5 Å². The number of methoxy groups -OCH3 is 1. The van der Waals surface area contributed by atoms with Gasteiger partial charge in [0.1, 0.15) is 11.5 Å². The van der Waals surface area contributed by atoms with E-state index in [0.29, 0.717) is 18.7 Å². The van der Waals surface area contributed by atoms with Crippen molar-refractivity contribution in [2.45, 2.75) is 32.2 Å². The van der Waals surface area contributed by atoms with Crippen LogP contribution in [0.2, 0.25) is 0 Å². The maximum atomic E-state index is 12.7. The minimum Gasteiger partial charge on any atom is -0.497 e. The SMILES string of the molecule is CCCOc1cccc(C(=O)NCC(c2ccc(OC)cc2)N2CCCC2)c1. The Morgan fingerprint density at radius 1 is 1.11 bits per heavy atom. The van der Waals surface area contributed by atoms with Crippen LogP contribution in [-0.4, -0.2) is 44.2 Å². The molecule has 1 amide bonds. The monoisotopic (exact) mass is 382 g/mol. The summed E-state index contributed by atoms with van der Waals surface area (Å²) in [6.07, 6.45) is 3.35. The van der Waals surface area contributed by atoms with Crippen molar-refractivity contribution < 1.29 is 14.3 Å². The highest BCUT2D eigenvalue weighted by Crippen LogP contribution is 2.26. The van der Waals surface area contributed by atoms with Gasteiger partial charge in [0, 0.05) is 12.1 Å². The number of nitrogens with one attached hydrogen (secondary N) is 1. The zero-order valence-corrected chi connectivity index (χ0v) is 16.8. The highest BCUT2D eigenvalue weighted by Gasteiger charge is 2.24. The number of hydrogen-bond donors (Lipinski definition) is 1. The molecule has 2 aromatic rings. The third kappa shape index (κ3) is 5.26. The van der Waals surface area contributed by atoms with Crippen molar-refractivity contribution in [3.63, 3.8) is 0 Å². The zero-order valence-electron chi connectivity index (χ0n) is 16.8. The Hall–Kier alpha value is -2.53. The average molecular weight is 383 g/mol. The number of amides is 1. The van der Waals surface area contributed by atoms with E-state index in [-0.39, 0.29) is 11.9 Å². The molecule has 1 heterocycles. The molecule has 5 heteroatoms. The molecule has 2 aromatic carbocycles. The molecular weight excluding hydrogens is 352 g/mol. The summed E-state index contributed by atoms with van der Waals surface area (Å²) in [5.41, 5.74) is 1.83. The maximum absolute atomic E-state index is 12.7. The van der Waals surface area contributed by atoms with E-state index in [9.17, 15) is 4.79 Å². The molecule has 5 nitrogen and oxygen atoms in total. The molecule has 0 radical (unpaired) electrons. The van der Waals surface area contributed by atoms with Crippen LogP contribution in [0.4, 0.5) is 0 Å². The van der Waals surface area contributed by atoms with Gasteiger partial charge in [-0.25, -0.2) is 0 Å². The van der Waals surface area contributed by atoms with Crippen LogP contribution in [0.3, 0.4) is 0 Å². The fourth-order valence-corrected chi connectivity index (χ4v) is 3.58. The number of rotatable bonds is 9. The molecule has 0 spiro atoms. The average Bonchev–Trinajstić information content (AvgIpc) is 3.27. The lowest BCUT2D eigenvalue weighted by Gasteiger charge is -2.28. The summed E-state index contributed by atoms with van der Waals surface area (Å²) in [6, 6.07) is 15.7. The minimum atomic E-state index is -0.0698. The van der Waals surface area contributed by atoms with Crippen molar-refractivity contribution in [1.29, 1.82) is 0 Å². The van der Waals surface area contributed by atoms with E-state index >= 15 is 0 Å². The van der Waals surface area contributed by atoms with Crippen LogP contribution in [0.15, 0.2) is 48.5 Å². The van der Waals surface area contributed by atoms with Gasteiger partial charge in [-0.2, -0.15) is 0 Å². The van der Waals surface area contributed by atoms with E-state index in [2.05, 4.69) is 29.3 Å². The van der Waals surface area contributed by atoms with Crippen molar-refractivity contribution in [3.05, 3.63) is 59.7 Å². The third-order valence-corrected chi connectivity index (χ3v) is 5.11. The van der Waals surface area contributed by atoms with Gasteiger partial charge in [0.15, 0.2) is 0 Å². The quantitative estimate of drug-likeness (QED) is 0.711. The maximum Gasteiger partial charge on any atom is 0.251 e. The fourth-order valence-electron chi connectivity index (χ4n) is 3.58. The van der Waals surface area contributed by atoms with Crippen molar-refractivity contribution in [2.75, 3.05) is 33.4 Å². The fraction of sp³-hybridized carbons (Fsp3) is 0.435. The zero-order chi connectivity index (χ0) is 19.8. The lowest BCUT2D eigenvalue weighted by Crippen LogP contribution is -2.36. The Bertz CT molecular complexity index is 755. The first-order valence-corrected chi connectivity index (χ1v) is 10.1. The van der Waals surface area contributed by atoms with Crippen molar-refractivity contribution >= 4 is 5.91 Å². The van der Waals surface area contributed by atoms with Gasteiger partial charge in [-0.15, -0.1) is 0 Å². The van der Waals surface area contributed by atoms with E-state index in [4.69, 9.17) is 9.47 Å². The van der Waals surface area contributed by atoms with Crippen LogP contribution in [0.1, 0.15) is 48.1 Å². The van der Waals surface area contributed by atoms with E-state index in [1.165, 1.54) is 18.4 Å². The van der Waals surface area contributed by atoms with E-state index in [1.54, 1.807) is 7.11 Å². The Morgan fingerprint density at radius 2 is 1.86 bits per heavy atom. The Morgan fingerprint density at radius 3 is 2.54 bits per heavy atom. The van der Waals surface area contributed by atoms with Gasteiger partial charge in [0.05, 0.1) is 19.8 Å². The molecule has 1 fully saturated rings. The van der Waals surface area contributed by atoms with Crippen molar-refractivity contribution in [1.82, 2.24) is 10.2 Å².